The summed E-state index contributed by atoms with van der Waals surface area (Å²) < 4.78 is 0. The fourth-order valence-corrected chi connectivity index (χ4v) is 5.04. The Morgan fingerprint density at radius 2 is 1.96 bits per heavy atom. The van der Waals surface area contributed by atoms with Crippen LogP contribution in [0, 0.1) is 13.8 Å². The summed E-state index contributed by atoms with van der Waals surface area (Å²) >= 11 is 1.77. The molecule has 3 aromatic rings. The van der Waals surface area contributed by atoms with E-state index in [-0.39, 0.29) is 5.78 Å². The number of H-pyrrole nitrogens is 1. The fourth-order valence-electron chi connectivity index (χ4n) is 4.06. The van der Waals surface area contributed by atoms with Crippen molar-refractivity contribution in [3.8, 4) is 0 Å². The molecule has 3 heterocycles. The number of anilines is 1. The van der Waals surface area contributed by atoms with Gasteiger partial charge in [0.15, 0.2) is 5.78 Å². The second-order valence-electron chi connectivity index (χ2n) is 7.68. The molecule has 0 aliphatic carbocycles. The number of fused-ring (bicyclic) bond motifs is 1. The zero-order chi connectivity index (χ0) is 19.7. The topological polar surface area (TPSA) is 49.0 Å². The van der Waals surface area contributed by atoms with Gasteiger partial charge in [-0.25, -0.2) is 0 Å². The molecule has 1 aromatic carbocycles. The molecule has 0 unspecified atom stereocenters. The summed E-state index contributed by atoms with van der Waals surface area (Å²) in [5.41, 5.74) is 6.61. The number of Topliss-reactive ketones (excluding diaryl/α,β-unsaturated/α-hetero) is 1. The first-order valence-electron chi connectivity index (χ1n) is 9.99. The molecule has 1 aliphatic rings. The van der Waals surface area contributed by atoms with Gasteiger partial charge in [-0.05, 0) is 75.4 Å². The molecule has 4 rings (SSSR count). The number of carbonyl (C=O) groups is 1. The van der Waals surface area contributed by atoms with Crippen LogP contribution in [0.4, 0.5) is 5.69 Å². The number of nitrogens with one attached hydrogen (secondary N) is 1. The van der Waals surface area contributed by atoms with Crippen molar-refractivity contribution in [1.82, 2.24) is 9.97 Å². The standard InChI is InChI=1S/C23H27N3OS/c1-15-11-18-12-23(25-20(18)13-19(15)17(3)27)28-14-21-16(2)22(7-8-24-21)26-9-5-4-6-10-26/h7-8,11-13,25H,4-6,9-10,14H2,1-3H3. The molecular formula is C23H27N3OS. The molecule has 1 N–H and O–H groups in total. The molecule has 2 aromatic heterocycles. The lowest BCUT2D eigenvalue weighted by molar-refractivity contribution is 0.101. The van der Waals surface area contributed by atoms with Crippen molar-refractivity contribution >= 4 is 34.1 Å². The number of aromatic nitrogens is 2. The van der Waals surface area contributed by atoms with Crippen molar-refractivity contribution < 1.29 is 4.79 Å². The zero-order valence-corrected chi connectivity index (χ0v) is 17.7. The van der Waals surface area contributed by atoms with Gasteiger partial charge in [-0.2, -0.15) is 0 Å². The highest BCUT2D eigenvalue weighted by Gasteiger charge is 2.16. The molecular weight excluding hydrogens is 366 g/mol. The van der Waals surface area contributed by atoms with E-state index in [1.165, 1.54) is 30.5 Å². The maximum atomic E-state index is 11.8. The number of ketones is 1. The predicted octanol–water partition coefficient (Wildman–Crippen LogP) is 5.66. The Morgan fingerprint density at radius 1 is 1.18 bits per heavy atom. The fraction of sp³-hybridized carbons (Fsp3) is 0.391. The molecule has 0 spiro atoms. The number of aromatic amines is 1. The van der Waals surface area contributed by atoms with Gasteiger partial charge < -0.3 is 9.88 Å². The molecule has 0 amide bonds. The second kappa shape index (κ2) is 8.00. The minimum absolute atomic E-state index is 0.109. The molecule has 146 valence electrons. The number of rotatable bonds is 5. The predicted molar refractivity (Wildman–Crippen MR) is 118 cm³/mol. The van der Waals surface area contributed by atoms with Crippen molar-refractivity contribution in [2.75, 3.05) is 18.0 Å². The van der Waals surface area contributed by atoms with Crippen LogP contribution in [0.25, 0.3) is 10.9 Å². The lowest BCUT2D eigenvalue weighted by Gasteiger charge is -2.30. The quantitative estimate of drug-likeness (QED) is 0.448. The monoisotopic (exact) mass is 393 g/mol. The van der Waals surface area contributed by atoms with Gasteiger partial charge in [-0.15, -0.1) is 11.8 Å². The van der Waals surface area contributed by atoms with Gasteiger partial charge >= 0.3 is 0 Å². The average molecular weight is 394 g/mol. The molecule has 4 nitrogen and oxygen atoms in total. The normalized spacial score (nSPS) is 14.6. The van der Waals surface area contributed by atoms with Crippen LogP contribution in [0.15, 0.2) is 35.5 Å². The van der Waals surface area contributed by atoms with Crippen LogP contribution in [0.5, 0.6) is 0 Å². The lowest BCUT2D eigenvalue weighted by Crippen LogP contribution is -2.30. The summed E-state index contributed by atoms with van der Waals surface area (Å²) in [6, 6.07) is 8.38. The molecule has 0 bridgehead atoms. The largest absolute Gasteiger partial charge is 0.371 e. The van der Waals surface area contributed by atoms with E-state index >= 15 is 0 Å². The van der Waals surface area contributed by atoms with Crippen LogP contribution < -0.4 is 4.90 Å². The summed E-state index contributed by atoms with van der Waals surface area (Å²) in [7, 11) is 0. The maximum Gasteiger partial charge on any atom is 0.160 e. The van der Waals surface area contributed by atoms with Crippen molar-refractivity contribution in [2.24, 2.45) is 0 Å². The van der Waals surface area contributed by atoms with Gasteiger partial charge in [0.05, 0.1) is 10.7 Å². The number of nitrogens with zero attached hydrogens (tertiary/aromatic N) is 2. The summed E-state index contributed by atoms with van der Waals surface area (Å²) in [5.74, 6) is 0.941. The van der Waals surface area contributed by atoms with Crippen molar-refractivity contribution in [2.45, 2.75) is 50.8 Å². The van der Waals surface area contributed by atoms with Crippen LogP contribution in [0.3, 0.4) is 0 Å². The van der Waals surface area contributed by atoms with Gasteiger partial charge in [0.1, 0.15) is 0 Å². The first-order valence-corrected chi connectivity index (χ1v) is 11.0. The molecule has 28 heavy (non-hydrogen) atoms. The highest BCUT2D eigenvalue weighted by atomic mass is 32.2. The molecule has 1 fully saturated rings. The number of hydrogen-bond acceptors (Lipinski definition) is 4. The van der Waals surface area contributed by atoms with E-state index in [2.05, 4.69) is 40.0 Å². The average Bonchev–Trinajstić information content (AvgIpc) is 3.08. The number of pyridine rings is 1. The van der Waals surface area contributed by atoms with E-state index in [0.717, 1.165) is 51.6 Å². The van der Waals surface area contributed by atoms with E-state index in [0.29, 0.717) is 0 Å². The first kappa shape index (κ1) is 19.1. The van der Waals surface area contributed by atoms with Crippen molar-refractivity contribution in [1.29, 1.82) is 0 Å². The van der Waals surface area contributed by atoms with Gasteiger partial charge in [0, 0.05) is 47.2 Å². The number of thioether (sulfide) groups is 1. The van der Waals surface area contributed by atoms with Crippen molar-refractivity contribution in [3.63, 3.8) is 0 Å². The Labute approximate surface area is 170 Å². The Morgan fingerprint density at radius 3 is 2.71 bits per heavy atom. The van der Waals surface area contributed by atoms with Crippen LogP contribution in [0.2, 0.25) is 0 Å². The third kappa shape index (κ3) is 3.81. The maximum absolute atomic E-state index is 11.8. The summed E-state index contributed by atoms with van der Waals surface area (Å²) in [5, 5.41) is 2.26. The van der Waals surface area contributed by atoms with Gasteiger partial charge in [-0.1, -0.05) is 0 Å². The SMILES string of the molecule is CC(=O)c1cc2[nH]c(SCc3nccc(N4CCCCC4)c3C)cc2cc1C. The summed E-state index contributed by atoms with van der Waals surface area (Å²) in [6.07, 6.45) is 5.85. The number of aryl methyl sites for hydroxylation is 1. The van der Waals surface area contributed by atoms with Crippen LogP contribution in [0.1, 0.15) is 53.4 Å². The summed E-state index contributed by atoms with van der Waals surface area (Å²) in [6.45, 7) is 8.11. The molecule has 1 aliphatic heterocycles. The van der Waals surface area contributed by atoms with Crippen LogP contribution in [-0.2, 0) is 5.75 Å². The summed E-state index contributed by atoms with van der Waals surface area (Å²) in [4.78, 5) is 22.4. The highest BCUT2D eigenvalue weighted by molar-refractivity contribution is 7.98. The van der Waals surface area contributed by atoms with E-state index in [9.17, 15) is 4.79 Å². The molecule has 5 heteroatoms. The third-order valence-electron chi connectivity index (χ3n) is 5.66. The van der Waals surface area contributed by atoms with Crippen molar-refractivity contribution in [3.05, 3.63) is 52.8 Å². The Balaban J connectivity index is 1.53. The Bertz CT molecular complexity index is 1020. The van der Waals surface area contributed by atoms with Crippen LogP contribution in [-0.4, -0.2) is 28.8 Å². The molecule has 0 radical (unpaired) electrons. The number of piperidine rings is 1. The zero-order valence-electron chi connectivity index (χ0n) is 16.8. The van der Waals surface area contributed by atoms with E-state index in [1.54, 1.807) is 18.7 Å². The first-order chi connectivity index (χ1) is 13.5. The third-order valence-corrected chi connectivity index (χ3v) is 6.61. The Kier molecular flexibility index (Phi) is 5.44. The number of benzene rings is 1. The van der Waals surface area contributed by atoms with E-state index < -0.39 is 0 Å². The molecule has 1 saturated heterocycles. The lowest BCUT2D eigenvalue weighted by atomic mass is 10.0. The molecule has 0 atom stereocenters. The van der Waals surface area contributed by atoms with E-state index in [4.69, 9.17) is 0 Å². The smallest absolute Gasteiger partial charge is 0.160 e. The Hall–Kier alpha value is -2.27. The van der Waals surface area contributed by atoms with E-state index in [1.807, 2.05) is 19.2 Å². The minimum Gasteiger partial charge on any atom is -0.371 e. The minimum atomic E-state index is 0.109. The number of carbonyl (C=O) groups excluding carboxylic acids is 1. The van der Waals surface area contributed by atoms with Crippen LogP contribution >= 0.6 is 11.8 Å². The molecule has 0 saturated carbocycles. The second-order valence-corrected chi connectivity index (χ2v) is 8.70. The van der Waals surface area contributed by atoms with Gasteiger partial charge in [0.2, 0.25) is 0 Å². The highest BCUT2D eigenvalue weighted by Crippen LogP contribution is 2.31. The van der Waals surface area contributed by atoms with Gasteiger partial charge in [0.25, 0.3) is 0 Å². The van der Waals surface area contributed by atoms with Gasteiger partial charge in [-0.3, -0.25) is 9.78 Å². The number of hydrogen-bond donors (Lipinski definition) is 1.